The summed E-state index contributed by atoms with van der Waals surface area (Å²) in [5.74, 6) is -1.18. The first-order valence-electron chi connectivity index (χ1n) is 12.1. The van der Waals surface area contributed by atoms with Crippen LogP contribution in [0.25, 0.3) is 0 Å². The summed E-state index contributed by atoms with van der Waals surface area (Å²) in [5, 5.41) is -0.0531. The highest BCUT2D eigenvalue weighted by Gasteiger charge is 2.26. The van der Waals surface area contributed by atoms with Gasteiger partial charge in [0.25, 0.3) is 15.9 Å². The quantitative estimate of drug-likeness (QED) is 0.443. The molecule has 3 aromatic carbocycles. The van der Waals surface area contributed by atoms with Crippen molar-refractivity contribution in [2.75, 3.05) is 54.0 Å². The summed E-state index contributed by atoms with van der Waals surface area (Å²) in [7, 11) is -4.16. The molecule has 0 atom stereocenters. The van der Waals surface area contributed by atoms with Gasteiger partial charge < -0.3 is 19.3 Å². The Kier molecular flexibility index (Phi) is 7.55. The number of nitrogens with zero attached hydrogens (tertiary/aromatic N) is 2. The first-order chi connectivity index (χ1) is 18.3. The lowest BCUT2D eigenvalue weighted by Gasteiger charge is -2.30. The highest BCUT2D eigenvalue weighted by Crippen LogP contribution is 2.31. The average molecular weight is 556 g/mol. The third-order valence-corrected chi connectivity index (χ3v) is 8.32. The zero-order chi connectivity index (χ0) is 26.7. The summed E-state index contributed by atoms with van der Waals surface area (Å²) >= 11 is 6.24. The van der Waals surface area contributed by atoms with E-state index in [4.69, 9.17) is 21.1 Å². The fourth-order valence-electron chi connectivity index (χ4n) is 4.56. The normalized spacial score (nSPS) is 15.2. The van der Waals surface area contributed by atoms with E-state index in [-0.39, 0.29) is 21.4 Å². The predicted molar refractivity (Wildman–Crippen MR) is 145 cm³/mol. The zero-order valence-corrected chi connectivity index (χ0v) is 22.0. The molecule has 38 heavy (non-hydrogen) atoms. The van der Waals surface area contributed by atoms with Crippen LogP contribution < -0.4 is 14.5 Å². The Balaban J connectivity index is 1.30. The topological polar surface area (TPSA) is 105 Å². The van der Waals surface area contributed by atoms with Crippen LogP contribution in [0.5, 0.6) is 0 Å². The van der Waals surface area contributed by atoms with Crippen molar-refractivity contribution in [3.63, 3.8) is 0 Å². The maximum atomic E-state index is 13.3. The van der Waals surface area contributed by atoms with Gasteiger partial charge >= 0.3 is 5.97 Å². The van der Waals surface area contributed by atoms with E-state index in [1.54, 1.807) is 17.0 Å². The van der Waals surface area contributed by atoms with Crippen LogP contribution in [-0.4, -0.2) is 59.7 Å². The van der Waals surface area contributed by atoms with Crippen molar-refractivity contribution in [3.05, 3.63) is 82.9 Å². The van der Waals surface area contributed by atoms with E-state index in [1.165, 1.54) is 12.1 Å². The zero-order valence-electron chi connectivity index (χ0n) is 20.4. The number of carbonyl (C=O) groups excluding carboxylic acids is 2. The molecule has 0 aliphatic carbocycles. The number of hydrogen-bond donors (Lipinski definition) is 1. The van der Waals surface area contributed by atoms with Crippen LogP contribution in [0.3, 0.4) is 0 Å². The summed E-state index contributed by atoms with van der Waals surface area (Å²) in [5.41, 5.74) is 2.92. The van der Waals surface area contributed by atoms with Gasteiger partial charge in [0.15, 0.2) is 6.61 Å². The number of rotatable bonds is 7. The molecule has 0 radical (unpaired) electrons. The van der Waals surface area contributed by atoms with Gasteiger partial charge in [-0.1, -0.05) is 41.9 Å². The number of para-hydroxylation sites is 3. The largest absolute Gasteiger partial charge is 0.452 e. The van der Waals surface area contributed by atoms with Gasteiger partial charge in [0, 0.05) is 25.3 Å². The van der Waals surface area contributed by atoms with Crippen molar-refractivity contribution in [3.8, 4) is 0 Å². The average Bonchev–Trinajstić information content (AvgIpc) is 3.37. The smallest absolute Gasteiger partial charge is 0.338 e. The van der Waals surface area contributed by atoms with E-state index >= 15 is 0 Å². The minimum atomic E-state index is -4.16. The molecular weight excluding hydrogens is 530 g/mol. The molecule has 2 aliphatic heterocycles. The van der Waals surface area contributed by atoms with Crippen LogP contribution >= 0.6 is 11.6 Å². The summed E-state index contributed by atoms with van der Waals surface area (Å²) in [4.78, 5) is 28.8. The van der Waals surface area contributed by atoms with Crippen LogP contribution in [-0.2, 0) is 30.7 Å². The molecule has 2 heterocycles. The van der Waals surface area contributed by atoms with Crippen molar-refractivity contribution >= 4 is 50.6 Å². The van der Waals surface area contributed by atoms with E-state index in [2.05, 4.69) is 4.72 Å². The monoisotopic (exact) mass is 555 g/mol. The number of sulfonamides is 1. The number of nitrogens with one attached hydrogen (secondary N) is 1. The Hall–Kier alpha value is -3.60. The molecule has 0 unspecified atom stereocenters. The Labute approximate surface area is 226 Å². The second-order valence-corrected chi connectivity index (χ2v) is 10.9. The molecule has 0 spiro atoms. The van der Waals surface area contributed by atoms with Gasteiger partial charge in [-0.15, -0.1) is 0 Å². The van der Waals surface area contributed by atoms with Gasteiger partial charge in [0.05, 0.1) is 35.2 Å². The summed E-state index contributed by atoms with van der Waals surface area (Å²) < 4.78 is 39.9. The molecule has 0 saturated carbocycles. The Morgan fingerprint density at radius 1 is 0.947 bits per heavy atom. The van der Waals surface area contributed by atoms with Crippen molar-refractivity contribution in [1.29, 1.82) is 0 Å². The van der Waals surface area contributed by atoms with Gasteiger partial charge in [-0.2, -0.15) is 0 Å². The lowest BCUT2D eigenvalue weighted by molar-refractivity contribution is -0.121. The second kappa shape index (κ2) is 11.0. The van der Waals surface area contributed by atoms with Gasteiger partial charge in [-0.25, -0.2) is 13.2 Å². The number of benzene rings is 3. The van der Waals surface area contributed by atoms with Crippen molar-refractivity contribution in [1.82, 2.24) is 0 Å². The minimum Gasteiger partial charge on any atom is -0.452 e. The molecule has 3 aromatic rings. The number of ether oxygens (including phenoxy) is 2. The van der Waals surface area contributed by atoms with Crippen LogP contribution in [0.4, 0.5) is 17.1 Å². The van der Waals surface area contributed by atoms with Crippen molar-refractivity contribution in [2.24, 2.45) is 0 Å². The molecule has 9 nitrogen and oxygen atoms in total. The highest BCUT2D eigenvalue weighted by molar-refractivity contribution is 7.92. The molecule has 1 N–H and O–H groups in total. The van der Waals surface area contributed by atoms with Gasteiger partial charge in [-0.3, -0.25) is 9.52 Å². The molecule has 1 fully saturated rings. The maximum absolute atomic E-state index is 13.3. The molecule has 1 amide bonds. The van der Waals surface area contributed by atoms with Crippen LogP contribution in [0.2, 0.25) is 5.02 Å². The van der Waals surface area contributed by atoms with Crippen molar-refractivity contribution in [2.45, 2.75) is 11.3 Å². The second-order valence-electron chi connectivity index (χ2n) is 8.87. The third-order valence-electron chi connectivity index (χ3n) is 6.47. The van der Waals surface area contributed by atoms with Crippen LogP contribution in [0.15, 0.2) is 71.6 Å². The molecule has 5 rings (SSSR count). The molecular formula is C27H26ClN3O6S. The number of fused-ring (bicyclic) bond motifs is 1. The molecule has 198 valence electrons. The summed E-state index contributed by atoms with van der Waals surface area (Å²) in [6.07, 6.45) is 0.732. The Bertz CT molecular complexity index is 1470. The molecule has 0 bridgehead atoms. The summed E-state index contributed by atoms with van der Waals surface area (Å²) in [6.45, 7) is 2.39. The van der Waals surface area contributed by atoms with Gasteiger partial charge in [0.2, 0.25) is 0 Å². The molecule has 11 heteroatoms. The number of amides is 1. The SMILES string of the molecule is O=C(OCC(=O)N1CCc2ccccc21)c1ccc(Cl)c(S(=O)(=O)Nc2ccccc2N2CCOCC2)c1. The number of halogens is 1. The maximum Gasteiger partial charge on any atom is 0.338 e. The van der Waals surface area contributed by atoms with Crippen LogP contribution in [0.1, 0.15) is 15.9 Å². The van der Waals surface area contributed by atoms with Gasteiger partial charge in [0.1, 0.15) is 4.90 Å². The van der Waals surface area contributed by atoms with E-state index < -0.39 is 22.6 Å². The van der Waals surface area contributed by atoms with E-state index in [9.17, 15) is 18.0 Å². The van der Waals surface area contributed by atoms with Crippen molar-refractivity contribution < 1.29 is 27.5 Å². The lowest BCUT2D eigenvalue weighted by Crippen LogP contribution is -2.36. The van der Waals surface area contributed by atoms with E-state index in [1.807, 2.05) is 41.3 Å². The van der Waals surface area contributed by atoms with E-state index in [0.717, 1.165) is 23.7 Å². The summed E-state index contributed by atoms with van der Waals surface area (Å²) in [6, 6.07) is 18.4. The number of morpholine rings is 1. The highest BCUT2D eigenvalue weighted by atomic mass is 35.5. The Morgan fingerprint density at radius 2 is 1.66 bits per heavy atom. The standard InChI is InChI=1S/C27H26ClN3O6S/c28-21-10-9-20(27(33)37-18-26(32)31-12-11-19-5-1-3-7-23(19)31)17-25(21)38(34,35)29-22-6-2-4-8-24(22)30-13-15-36-16-14-30/h1-10,17,29H,11-16,18H2. The van der Waals surface area contributed by atoms with Gasteiger partial charge in [-0.05, 0) is 48.4 Å². The molecule has 0 aromatic heterocycles. The number of esters is 1. The number of hydrogen-bond acceptors (Lipinski definition) is 7. The number of carbonyl (C=O) groups is 2. The molecule has 2 aliphatic rings. The minimum absolute atomic E-state index is 0.0362. The fraction of sp³-hybridized carbons (Fsp3) is 0.259. The Morgan fingerprint density at radius 3 is 2.45 bits per heavy atom. The predicted octanol–water partition coefficient (Wildman–Crippen LogP) is 3.72. The number of anilines is 3. The third kappa shape index (κ3) is 5.47. The van der Waals surface area contributed by atoms with E-state index in [0.29, 0.717) is 44.2 Å². The first kappa shape index (κ1) is 26.0. The van der Waals surface area contributed by atoms with Crippen LogP contribution in [0, 0.1) is 0 Å². The fourth-order valence-corrected chi connectivity index (χ4v) is 6.16. The molecule has 1 saturated heterocycles. The first-order valence-corrected chi connectivity index (χ1v) is 14.0. The lowest BCUT2D eigenvalue weighted by atomic mass is 10.2.